The molecule has 1 aliphatic rings. The number of rotatable bonds is 7. The molecule has 1 saturated heterocycles. The average molecular weight is 469 g/mol. The van der Waals surface area contributed by atoms with Crippen LogP contribution in [0.25, 0.3) is 22.4 Å². The Kier molecular flexibility index (Phi) is 6.75. The summed E-state index contributed by atoms with van der Waals surface area (Å²) in [7, 11) is 0. The lowest BCUT2D eigenvalue weighted by Gasteiger charge is -2.31. The van der Waals surface area contributed by atoms with Crippen molar-refractivity contribution in [2.45, 2.75) is 19.3 Å². The van der Waals surface area contributed by atoms with E-state index in [4.69, 9.17) is 4.74 Å². The van der Waals surface area contributed by atoms with Crippen LogP contribution in [0.5, 0.6) is 5.75 Å². The van der Waals surface area contributed by atoms with Crippen molar-refractivity contribution in [1.29, 1.82) is 0 Å². The van der Waals surface area contributed by atoms with E-state index in [1.54, 1.807) is 0 Å². The molecule has 7 heteroatoms. The molecule has 0 radical (unpaired) electrons. The number of hydrogen-bond acceptors (Lipinski definition) is 4. The topological polar surface area (TPSA) is 87.3 Å². The highest BCUT2D eigenvalue weighted by Crippen LogP contribution is 2.24. The lowest BCUT2D eigenvalue weighted by Crippen LogP contribution is -2.41. The molecule has 7 nitrogen and oxygen atoms in total. The van der Waals surface area contributed by atoms with Crippen molar-refractivity contribution in [3.63, 3.8) is 0 Å². The highest BCUT2D eigenvalue weighted by Gasteiger charge is 2.27. The number of nitrogens with zero attached hydrogens (tertiary/aromatic N) is 2. The normalized spacial score (nSPS) is 14.1. The molecule has 5 rings (SSSR count). The summed E-state index contributed by atoms with van der Waals surface area (Å²) in [4.78, 5) is 35.1. The first kappa shape index (κ1) is 22.7. The van der Waals surface area contributed by atoms with Crippen LogP contribution in [0.4, 0.5) is 5.69 Å². The number of imidazole rings is 1. The maximum atomic E-state index is 12.8. The highest BCUT2D eigenvalue weighted by atomic mass is 16.5. The average Bonchev–Trinajstić information content (AvgIpc) is 3.34. The Hall–Kier alpha value is -4.13. The fourth-order valence-electron chi connectivity index (χ4n) is 4.37. The van der Waals surface area contributed by atoms with E-state index in [2.05, 4.69) is 15.3 Å². The summed E-state index contributed by atoms with van der Waals surface area (Å²) < 4.78 is 5.63. The summed E-state index contributed by atoms with van der Waals surface area (Å²) >= 11 is 0. The van der Waals surface area contributed by atoms with E-state index in [-0.39, 0.29) is 17.7 Å². The van der Waals surface area contributed by atoms with E-state index < -0.39 is 0 Å². The first-order valence-corrected chi connectivity index (χ1v) is 12.0. The predicted octanol–water partition coefficient (Wildman–Crippen LogP) is 4.88. The van der Waals surface area contributed by atoms with Crippen LogP contribution in [0.2, 0.25) is 0 Å². The number of fused-ring (bicyclic) bond motifs is 1. The van der Waals surface area contributed by atoms with Gasteiger partial charge in [-0.25, -0.2) is 4.98 Å². The van der Waals surface area contributed by atoms with Gasteiger partial charge in [-0.2, -0.15) is 0 Å². The number of amides is 2. The van der Waals surface area contributed by atoms with Gasteiger partial charge in [0.15, 0.2) is 0 Å². The van der Waals surface area contributed by atoms with E-state index >= 15 is 0 Å². The maximum absolute atomic E-state index is 12.8. The van der Waals surface area contributed by atoms with Gasteiger partial charge in [-0.15, -0.1) is 0 Å². The van der Waals surface area contributed by atoms with Gasteiger partial charge < -0.3 is 19.9 Å². The number of aromatic nitrogens is 2. The molecule has 0 saturated carbocycles. The first-order chi connectivity index (χ1) is 17.2. The van der Waals surface area contributed by atoms with Crippen molar-refractivity contribution in [3.05, 3.63) is 78.9 Å². The van der Waals surface area contributed by atoms with Crippen molar-refractivity contribution in [3.8, 4) is 17.1 Å². The predicted molar refractivity (Wildman–Crippen MR) is 136 cm³/mol. The van der Waals surface area contributed by atoms with Crippen molar-refractivity contribution < 1.29 is 14.3 Å². The minimum Gasteiger partial charge on any atom is -0.493 e. The van der Waals surface area contributed by atoms with Crippen LogP contribution in [0.1, 0.15) is 19.3 Å². The van der Waals surface area contributed by atoms with Crippen molar-refractivity contribution >= 4 is 28.5 Å². The quantitative estimate of drug-likeness (QED) is 0.405. The summed E-state index contributed by atoms with van der Waals surface area (Å²) in [6.07, 6.45) is 1.66. The molecule has 35 heavy (non-hydrogen) atoms. The number of piperidine rings is 1. The fourth-order valence-corrected chi connectivity index (χ4v) is 4.37. The molecular weight excluding hydrogens is 440 g/mol. The Bertz CT molecular complexity index is 1260. The van der Waals surface area contributed by atoms with Crippen LogP contribution in [0, 0.1) is 5.92 Å². The zero-order valence-electron chi connectivity index (χ0n) is 19.4. The van der Waals surface area contributed by atoms with E-state index in [9.17, 15) is 9.59 Å². The van der Waals surface area contributed by atoms with Gasteiger partial charge >= 0.3 is 0 Å². The van der Waals surface area contributed by atoms with Gasteiger partial charge in [0, 0.05) is 30.3 Å². The number of carbonyl (C=O) groups excluding carboxylic acids is 2. The number of hydrogen-bond donors (Lipinski definition) is 2. The Morgan fingerprint density at radius 2 is 1.66 bits per heavy atom. The van der Waals surface area contributed by atoms with Crippen LogP contribution >= 0.6 is 0 Å². The lowest BCUT2D eigenvalue weighted by molar-refractivity contribution is -0.135. The van der Waals surface area contributed by atoms with Crippen LogP contribution in [-0.2, 0) is 9.59 Å². The SMILES string of the molecule is O=C(Nc1ccc(-c2nc3ccccc3[nH]2)cc1)C1CCN(C(=O)CCOc2ccccc2)CC1. The van der Waals surface area contributed by atoms with Gasteiger partial charge in [0.1, 0.15) is 11.6 Å². The lowest BCUT2D eigenvalue weighted by atomic mass is 9.95. The van der Waals surface area contributed by atoms with E-state index in [0.29, 0.717) is 39.0 Å². The molecule has 1 aliphatic heterocycles. The molecule has 0 aliphatic carbocycles. The Labute approximate surface area is 204 Å². The zero-order chi connectivity index (χ0) is 24.0. The second-order valence-corrected chi connectivity index (χ2v) is 8.74. The molecule has 1 fully saturated rings. The number of nitrogens with one attached hydrogen (secondary N) is 2. The summed E-state index contributed by atoms with van der Waals surface area (Å²) in [5.74, 6) is 1.54. The monoisotopic (exact) mass is 468 g/mol. The number of likely N-dealkylation sites (tertiary alicyclic amines) is 1. The number of anilines is 1. The Balaban J connectivity index is 1.08. The van der Waals surface area contributed by atoms with Crippen molar-refractivity contribution in [2.75, 3.05) is 25.0 Å². The third-order valence-corrected chi connectivity index (χ3v) is 6.36. The smallest absolute Gasteiger partial charge is 0.227 e. The number of carbonyl (C=O) groups is 2. The molecule has 0 bridgehead atoms. The summed E-state index contributed by atoms with van der Waals surface area (Å²) in [5, 5.41) is 3.02. The van der Waals surface area contributed by atoms with Gasteiger partial charge in [0.2, 0.25) is 11.8 Å². The standard InChI is InChI=1S/C28H28N4O3/c33-26(16-19-35-23-6-2-1-3-7-23)32-17-14-21(15-18-32)28(34)29-22-12-10-20(11-13-22)27-30-24-8-4-5-9-25(24)31-27/h1-13,21H,14-19H2,(H,29,34)(H,30,31). The summed E-state index contributed by atoms with van der Waals surface area (Å²) in [6, 6.07) is 25.1. The molecular formula is C28H28N4O3. The van der Waals surface area contributed by atoms with Gasteiger partial charge in [-0.05, 0) is 61.4 Å². The molecule has 0 unspecified atom stereocenters. The van der Waals surface area contributed by atoms with Gasteiger partial charge in [0.05, 0.1) is 24.1 Å². The van der Waals surface area contributed by atoms with Crippen molar-refractivity contribution in [2.24, 2.45) is 5.92 Å². The van der Waals surface area contributed by atoms with Crippen LogP contribution in [0.3, 0.4) is 0 Å². The zero-order valence-corrected chi connectivity index (χ0v) is 19.4. The third-order valence-electron chi connectivity index (χ3n) is 6.36. The second kappa shape index (κ2) is 10.4. The molecule has 4 aromatic rings. The van der Waals surface area contributed by atoms with Crippen LogP contribution in [-0.4, -0.2) is 46.4 Å². The second-order valence-electron chi connectivity index (χ2n) is 8.74. The summed E-state index contributed by atoms with van der Waals surface area (Å²) in [6.45, 7) is 1.54. The molecule has 2 heterocycles. The van der Waals surface area contributed by atoms with Crippen LogP contribution < -0.4 is 10.1 Å². The number of ether oxygens (including phenoxy) is 1. The maximum Gasteiger partial charge on any atom is 0.227 e. The first-order valence-electron chi connectivity index (χ1n) is 12.0. The number of para-hydroxylation sites is 3. The summed E-state index contributed by atoms with van der Waals surface area (Å²) in [5.41, 5.74) is 3.63. The molecule has 2 N–H and O–H groups in total. The number of aromatic amines is 1. The molecule has 0 spiro atoms. The van der Waals surface area contributed by atoms with Gasteiger partial charge in [0.25, 0.3) is 0 Å². The number of benzene rings is 3. The van der Waals surface area contributed by atoms with Crippen LogP contribution in [0.15, 0.2) is 78.9 Å². The third kappa shape index (κ3) is 5.51. The minimum atomic E-state index is -0.102. The van der Waals surface area contributed by atoms with Gasteiger partial charge in [-0.1, -0.05) is 30.3 Å². The largest absolute Gasteiger partial charge is 0.493 e. The highest BCUT2D eigenvalue weighted by molar-refractivity contribution is 5.93. The van der Waals surface area contributed by atoms with E-state index in [0.717, 1.165) is 33.9 Å². The molecule has 2 amide bonds. The van der Waals surface area contributed by atoms with Gasteiger partial charge in [-0.3, -0.25) is 9.59 Å². The Morgan fingerprint density at radius 3 is 2.40 bits per heavy atom. The van der Waals surface area contributed by atoms with Crippen molar-refractivity contribution in [1.82, 2.24) is 14.9 Å². The minimum absolute atomic E-state index is 0.000923. The fraction of sp³-hybridized carbons (Fsp3) is 0.250. The Morgan fingerprint density at radius 1 is 0.943 bits per heavy atom. The van der Waals surface area contributed by atoms with E-state index in [1.165, 1.54) is 0 Å². The molecule has 0 atom stereocenters. The molecule has 1 aromatic heterocycles. The van der Waals surface area contributed by atoms with E-state index in [1.807, 2.05) is 83.8 Å². The number of H-pyrrole nitrogens is 1. The molecule has 3 aromatic carbocycles. The molecule has 178 valence electrons.